The molecule has 1 N–H and O–H groups in total. The van der Waals surface area contributed by atoms with E-state index in [1.165, 1.54) is 38.5 Å². The van der Waals surface area contributed by atoms with Crippen LogP contribution in [0, 0.1) is 17.8 Å². The van der Waals surface area contributed by atoms with Crippen LogP contribution >= 0.6 is 0 Å². The van der Waals surface area contributed by atoms with Gasteiger partial charge in [-0.2, -0.15) is 0 Å². The van der Waals surface area contributed by atoms with Crippen molar-refractivity contribution in [3.63, 3.8) is 0 Å². The van der Waals surface area contributed by atoms with Crippen LogP contribution in [-0.2, 0) is 9.53 Å². The summed E-state index contributed by atoms with van der Waals surface area (Å²) in [6.45, 7) is 8.18. The molecule has 0 spiro atoms. The van der Waals surface area contributed by atoms with E-state index in [-0.39, 0.29) is 0 Å². The molecular weight excluding hydrogens is 240 g/mol. The van der Waals surface area contributed by atoms with E-state index in [4.69, 9.17) is 14.6 Å². The summed E-state index contributed by atoms with van der Waals surface area (Å²) in [5.41, 5.74) is 0. The number of aliphatic carboxylic acids is 1. The molecule has 2 aliphatic rings. The molecule has 2 fully saturated rings. The maximum Gasteiger partial charge on any atom is 0.300 e. The minimum Gasteiger partial charge on any atom is -0.481 e. The van der Waals surface area contributed by atoms with Crippen LogP contribution in [0.5, 0.6) is 0 Å². The molecule has 3 nitrogen and oxygen atoms in total. The molecule has 0 bridgehead atoms. The topological polar surface area (TPSA) is 46.5 Å². The van der Waals surface area contributed by atoms with Crippen molar-refractivity contribution < 1.29 is 14.6 Å². The van der Waals surface area contributed by atoms with Gasteiger partial charge in [-0.25, -0.2) is 0 Å². The molecule has 0 amide bonds. The van der Waals surface area contributed by atoms with Gasteiger partial charge in [-0.05, 0) is 43.4 Å². The van der Waals surface area contributed by atoms with Gasteiger partial charge in [-0.15, -0.1) is 0 Å². The predicted molar refractivity (Wildman–Crippen MR) is 77.2 cm³/mol. The number of carboxylic acid groups (broad SMARTS) is 1. The lowest BCUT2D eigenvalue weighted by Crippen LogP contribution is -2.43. The van der Waals surface area contributed by atoms with Crippen LogP contribution in [0.2, 0.25) is 0 Å². The van der Waals surface area contributed by atoms with E-state index >= 15 is 0 Å². The van der Waals surface area contributed by atoms with Crippen molar-refractivity contribution in [1.29, 1.82) is 0 Å². The van der Waals surface area contributed by atoms with E-state index in [0.717, 1.165) is 24.7 Å². The largest absolute Gasteiger partial charge is 0.481 e. The van der Waals surface area contributed by atoms with Gasteiger partial charge >= 0.3 is 0 Å². The van der Waals surface area contributed by atoms with E-state index in [9.17, 15) is 0 Å². The molecular formula is C16H30O3. The van der Waals surface area contributed by atoms with Crippen molar-refractivity contribution in [3.8, 4) is 0 Å². The van der Waals surface area contributed by atoms with Crippen LogP contribution < -0.4 is 0 Å². The highest BCUT2D eigenvalue weighted by molar-refractivity contribution is 5.62. The Labute approximate surface area is 117 Å². The SMILES string of the molecule is CC(=O)O.CCCC1CC(C)C2CCC(C)CC2O1. The number of fused-ring (bicyclic) bond motifs is 1. The minimum atomic E-state index is -0.833. The molecule has 3 heteroatoms. The van der Waals surface area contributed by atoms with Crippen molar-refractivity contribution in [2.45, 2.75) is 78.4 Å². The first-order valence-corrected chi connectivity index (χ1v) is 7.79. The van der Waals surface area contributed by atoms with Gasteiger partial charge in [0.1, 0.15) is 0 Å². The first-order chi connectivity index (χ1) is 8.93. The highest BCUT2D eigenvalue weighted by atomic mass is 16.5. The van der Waals surface area contributed by atoms with E-state index in [0.29, 0.717) is 12.2 Å². The summed E-state index contributed by atoms with van der Waals surface area (Å²) in [5.74, 6) is 1.82. The Hall–Kier alpha value is -0.570. The molecule has 1 saturated heterocycles. The van der Waals surface area contributed by atoms with Gasteiger partial charge in [0.15, 0.2) is 0 Å². The number of hydrogen-bond donors (Lipinski definition) is 1. The molecule has 19 heavy (non-hydrogen) atoms. The molecule has 1 heterocycles. The van der Waals surface area contributed by atoms with E-state index in [1.54, 1.807) is 0 Å². The summed E-state index contributed by atoms with van der Waals surface area (Å²) in [6.07, 6.45) is 9.15. The Balaban J connectivity index is 0.000000399. The maximum absolute atomic E-state index is 9.00. The van der Waals surface area contributed by atoms with Gasteiger partial charge in [-0.3, -0.25) is 4.79 Å². The molecule has 0 aromatic heterocycles. The second kappa shape index (κ2) is 7.88. The Bertz CT molecular complexity index is 273. The Morgan fingerprint density at radius 1 is 1.26 bits per heavy atom. The van der Waals surface area contributed by atoms with Crippen molar-refractivity contribution in [3.05, 3.63) is 0 Å². The molecule has 1 saturated carbocycles. The Kier molecular flexibility index (Phi) is 6.84. The Morgan fingerprint density at radius 2 is 1.89 bits per heavy atom. The van der Waals surface area contributed by atoms with Crippen molar-refractivity contribution in [2.24, 2.45) is 17.8 Å². The van der Waals surface area contributed by atoms with Gasteiger partial charge in [-0.1, -0.05) is 33.6 Å². The number of carboxylic acids is 1. The van der Waals surface area contributed by atoms with Gasteiger partial charge in [0.2, 0.25) is 0 Å². The summed E-state index contributed by atoms with van der Waals surface area (Å²) >= 11 is 0. The highest BCUT2D eigenvalue weighted by Gasteiger charge is 2.38. The van der Waals surface area contributed by atoms with E-state index in [2.05, 4.69) is 20.8 Å². The monoisotopic (exact) mass is 270 g/mol. The quantitative estimate of drug-likeness (QED) is 0.821. The molecule has 5 atom stereocenters. The molecule has 2 rings (SSSR count). The third-order valence-electron chi connectivity index (χ3n) is 4.45. The van der Waals surface area contributed by atoms with Gasteiger partial charge < -0.3 is 9.84 Å². The fourth-order valence-electron chi connectivity index (χ4n) is 3.56. The number of ether oxygens (including phenoxy) is 1. The zero-order valence-electron chi connectivity index (χ0n) is 12.9. The summed E-state index contributed by atoms with van der Waals surface area (Å²) in [6, 6.07) is 0. The molecule has 5 unspecified atom stereocenters. The lowest BCUT2D eigenvalue weighted by Gasteiger charge is -2.45. The summed E-state index contributed by atoms with van der Waals surface area (Å²) in [5, 5.41) is 7.42. The Morgan fingerprint density at radius 3 is 2.47 bits per heavy atom. The average molecular weight is 270 g/mol. The van der Waals surface area contributed by atoms with Crippen molar-refractivity contribution in [1.82, 2.24) is 0 Å². The van der Waals surface area contributed by atoms with Gasteiger partial charge in [0.25, 0.3) is 5.97 Å². The maximum atomic E-state index is 9.00. The van der Waals surface area contributed by atoms with Crippen LogP contribution in [0.3, 0.4) is 0 Å². The van der Waals surface area contributed by atoms with Crippen molar-refractivity contribution in [2.75, 3.05) is 0 Å². The summed E-state index contributed by atoms with van der Waals surface area (Å²) < 4.78 is 6.27. The molecule has 0 radical (unpaired) electrons. The number of carbonyl (C=O) groups is 1. The normalized spacial score (nSPS) is 37.8. The fourth-order valence-corrected chi connectivity index (χ4v) is 3.56. The lowest BCUT2D eigenvalue weighted by atomic mass is 9.71. The van der Waals surface area contributed by atoms with Crippen molar-refractivity contribution >= 4 is 5.97 Å². The van der Waals surface area contributed by atoms with Crippen LogP contribution in [0.25, 0.3) is 0 Å². The summed E-state index contributed by atoms with van der Waals surface area (Å²) in [7, 11) is 0. The van der Waals surface area contributed by atoms with Crippen LogP contribution in [0.4, 0.5) is 0 Å². The van der Waals surface area contributed by atoms with Crippen LogP contribution in [0.15, 0.2) is 0 Å². The molecule has 112 valence electrons. The minimum absolute atomic E-state index is 0.566. The van der Waals surface area contributed by atoms with Gasteiger partial charge in [0.05, 0.1) is 12.2 Å². The fraction of sp³-hybridized carbons (Fsp3) is 0.938. The molecule has 1 aliphatic carbocycles. The predicted octanol–water partition coefficient (Wildman–Crippen LogP) is 4.11. The smallest absolute Gasteiger partial charge is 0.300 e. The van der Waals surface area contributed by atoms with E-state index < -0.39 is 5.97 Å². The van der Waals surface area contributed by atoms with Crippen LogP contribution in [-0.4, -0.2) is 23.3 Å². The second-order valence-electron chi connectivity index (χ2n) is 6.40. The van der Waals surface area contributed by atoms with E-state index in [1.807, 2.05) is 0 Å². The number of rotatable bonds is 2. The number of hydrogen-bond acceptors (Lipinski definition) is 2. The standard InChI is InChI=1S/C14H26O.C2H4O2/c1-4-5-12-9-11(3)13-7-6-10(2)8-14(13)15-12;1-2(3)4/h10-14H,4-9H2,1-3H3;1H3,(H,3,4). The molecule has 1 aliphatic heterocycles. The third-order valence-corrected chi connectivity index (χ3v) is 4.45. The zero-order chi connectivity index (χ0) is 14.4. The third kappa shape index (κ3) is 5.52. The first kappa shape index (κ1) is 16.5. The second-order valence-corrected chi connectivity index (χ2v) is 6.40. The lowest BCUT2D eigenvalue weighted by molar-refractivity contribution is -0.134. The highest BCUT2D eigenvalue weighted by Crippen LogP contribution is 2.42. The molecule has 0 aromatic carbocycles. The first-order valence-electron chi connectivity index (χ1n) is 7.79. The molecule has 0 aromatic rings. The zero-order valence-corrected chi connectivity index (χ0v) is 12.9. The van der Waals surface area contributed by atoms with Crippen LogP contribution in [0.1, 0.15) is 66.2 Å². The van der Waals surface area contributed by atoms with Gasteiger partial charge in [0, 0.05) is 6.92 Å². The summed E-state index contributed by atoms with van der Waals surface area (Å²) in [4.78, 5) is 9.00. The average Bonchev–Trinajstić information content (AvgIpc) is 2.27.